The molecule has 0 amide bonds. The van der Waals surface area contributed by atoms with E-state index in [9.17, 15) is 0 Å². The van der Waals surface area contributed by atoms with Gasteiger partial charge in [-0.25, -0.2) is 0 Å². The predicted octanol–water partition coefficient (Wildman–Crippen LogP) is 7.40. The molecule has 0 unspecified atom stereocenters. The Bertz CT molecular complexity index is 1140. The minimum absolute atomic E-state index is 0.104. The van der Waals surface area contributed by atoms with Crippen molar-refractivity contribution in [3.63, 3.8) is 0 Å². The highest BCUT2D eigenvalue weighted by Crippen LogP contribution is 2.51. The zero-order valence-corrected chi connectivity index (χ0v) is 16.2. The van der Waals surface area contributed by atoms with Gasteiger partial charge < -0.3 is 5.32 Å². The normalized spacial score (nSPS) is 13.9. The second kappa shape index (κ2) is 6.38. The smallest absolute Gasteiger partial charge is 0.0432 e. The van der Waals surface area contributed by atoms with Crippen LogP contribution >= 0.6 is 0 Å². The van der Waals surface area contributed by atoms with Crippen LogP contribution in [0.2, 0.25) is 0 Å². The minimum atomic E-state index is -0.104. The molecule has 0 spiro atoms. The van der Waals surface area contributed by atoms with Crippen LogP contribution in [0.1, 0.15) is 25.0 Å². The van der Waals surface area contributed by atoms with Crippen LogP contribution < -0.4 is 5.32 Å². The van der Waals surface area contributed by atoms with Crippen molar-refractivity contribution in [1.82, 2.24) is 0 Å². The monoisotopic (exact) mass is 361 g/mol. The Kier molecular flexibility index (Phi) is 3.84. The topological polar surface area (TPSA) is 12.0 Å². The summed E-state index contributed by atoms with van der Waals surface area (Å²) in [6.07, 6.45) is 0. The molecule has 0 aliphatic carbocycles. The molecule has 0 atom stereocenters. The Balaban J connectivity index is 1.86. The van der Waals surface area contributed by atoms with Crippen LogP contribution in [-0.2, 0) is 5.41 Å². The average molecular weight is 361 g/mol. The van der Waals surface area contributed by atoms with Crippen molar-refractivity contribution >= 4 is 11.4 Å². The summed E-state index contributed by atoms with van der Waals surface area (Å²) in [5.74, 6) is 0. The van der Waals surface area contributed by atoms with Crippen molar-refractivity contribution in [2.75, 3.05) is 5.32 Å². The van der Waals surface area contributed by atoms with Crippen molar-refractivity contribution in [3.05, 3.63) is 108 Å². The fourth-order valence-electron chi connectivity index (χ4n) is 4.54. The van der Waals surface area contributed by atoms with Crippen LogP contribution in [-0.4, -0.2) is 0 Å². The first kappa shape index (κ1) is 16.8. The number of anilines is 2. The zero-order chi connectivity index (χ0) is 19.1. The van der Waals surface area contributed by atoms with E-state index >= 15 is 0 Å². The van der Waals surface area contributed by atoms with Gasteiger partial charge in [-0.2, -0.15) is 0 Å². The van der Waals surface area contributed by atoms with Gasteiger partial charge in [0.25, 0.3) is 0 Å². The summed E-state index contributed by atoms with van der Waals surface area (Å²) < 4.78 is 0. The first-order valence-corrected chi connectivity index (χ1v) is 9.81. The molecule has 28 heavy (non-hydrogen) atoms. The highest BCUT2D eigenvalue weighted by atomic mass is 14.9. The number of benzene rings is 4. The molecule has 0 fully saturated rings. The summed E-state index contributed by atoms with van der Waals surface area (Å²) in [5.41, 5.74) is 10.1. The largest absolute Gasteiger partial charge is 0.355 e. The van der Waals surface area contributed by atoms with Crippen molar-refractivity contribution < 1.29 is 0 Å². The highest BCUT2D eigenvalue weighted by Gasteiger charge is 2.35. The quantitative estimate of drug-likeness (QED) is 0.392. The summed E-state index contributed by atoms with van der Waals surface area (Å²) in [7, 11) is 0. The van der Waals surface area contributed by atoms with Crippen LogP contribution in [0, 0.1) is 0 Å². The lowest BCUT2D eigenvalue weighted by Crippen LogP contribution is -2.27. The molecule has 0 saturated carbocycles. The third kappa shape index (κ3) is 2.55. The van der Waals surface area contributed by atoms with Crippen LogP contribution in [0.15, 0.2) is 97.1 Å². The Morgan fingerprint density at radius 2 is 1.18 bits per heavy atom. The Morgan fingerprint density at radius 1 is 0.571 bits per heavy atom. The maximum atomic E-state index is 3.68. The summed E-state index contributed by atoms with van der Waals surface area (Å²) in [6.45, 7) is 4.68. The van der Waals surface area contributed by atoms with Gasteiger partial charge in [0.1, 0.15) is 0 Å². The number of nitrogens with one attached hydrogen (secondary N) is 1. The van der Waals surface area contributed by atoms with Gasteiger partial charge in [0.15, 0.2) is 0 Å². The molecular weight excluding hydrogens is 338 g/mol. The molecule has 0 bridgehead atoms. The third-order valence-electron chi connectivity index (χ3n) is 5.85. The summed E-state index contributed by atoms with van der Waals surface area (Å²) in [5, 5.41) is 3.68. The van der Waals surface area contributed by atoms with Crippen LogP contribution in [0.25, 0.3) is 22.3 Å². The number of hydrogen-bond donors (Lipinski definition) is 1. The number of fused-ring (bicyclic) bond motifs is 2. The predicted molar refractivity (Wildman–Crippen MR) is 119 cm³/mol. The first-order chi connectivity index (χ1) is 13.7. The molecule has 1 nitrogen and oxygen atoms in total. The van der Waals surface area contributed by atoms with E-state index in [1.165, 1.54) is 44.8 Å². The van der Waals surface area contributed by atoms with Gasteiger partial charge in [-0.1, -0.05) is 98.8 Å². The van der Waals surface area contributed by atoms with Gasteiger partial charge in [0, 0.05) is 16.8 Å². The number of para-hydroxylation sites is 1. The van der Waals surface area contributed by atoms with E-state index in [0.717, 1.165) is 0 Å². The molecule has 1 aliphatic heterocycles. The molecule has 1 N–H and O–H groups in total. The van der Waals surface area contributed by atoms with E-state index in [1.54, 1.807) is 0 Å². The highest BCUT2D eigenvalue weighted by molar-refractivity contribution is 5.93. The molecule has 4 aromatic carbocycles. The molecule has 5 rings (SSSR count). The van der Waals surface area contributed by atoms with Crippen molar-refractivity contribution in [1.29, 1.82) is 0 Å². The Labute approximate surface area is 166 Å². The molecule has 0 saturated heterocycles. The summed E-state index contributed by atoms with van der Waals surface area (Å²) in [4.78, 5) is 0. The molecule has 0 aromatic heterocycles. The Morgan fingerprint density at radius 3 is 1.89 bits per heavy atom. The van der Waals surface area contributed by atoms with Gasteiger partial charge in [0.2, 0.25) is 0 Å². The SMILES string of the molecule is CC1(C)c2ccccc2Nc2ccc(-c3ccccc3)c(-c3ccccc3)c21. The van der Waals surface area contributed by atoms with E-state index < -0.39 is 0 Å². The van der Waals surface area contributed by atoms with Crippen molar-refractivity contribution in [2.24, 2.45) is 0 Å². The molecule has 1 heterocycles. The molecule has 0 radical (unpaired) electrons. The van der Waals surface area contributed by atoms with E-state index in [0.29, 0.717) is 0 Å². The second-order valence-electron chi connectivity index (χ2n) is 7.94. The first-order valence-electron chi connectivity index (χ1n) is 9.81. The molecule has 1 heteroatoms. The maximum absolute atomic E-state index is 3.68. The van der Waals surface area contributed by atoms with Gasteiger partial charge in [-0.3, -0.25) is 0 Å². The summed E-state index contributed by atoms with van der Waals surface area (Å²) in [6, 6.07) is 34.6. The van der Waals surface area contributed by atoms with E-state index in [1.807, 2.05) is 0 Å². The van der Waals surface area contributed by atoms with Crippen LogP contribution in [0.4, 0.5) is 11.4 Å². The van der Waals surface area contributed by atoms with Crippen molar-refractivity contribution in [2.45, 2.75) is 19.3 Å². The fourth-order valence-corrected chi connectivity index (χ4v) is 4.54. The number of rotatable bonds is 2. The lowest BCUT2D eigenvalue weighted by molar-refractivity contribution is 0.640. The second-order valence-corrected chi connectivity index (χ2v) is 7.94. The van der Waals surface area contributed by atoms with E-state index in [4.69, 9.17) is 0 Å². The third-order valence-corrected chi connectivity index (χ3v) is 5.85. The number of hydrogen-bond acceptors (Lipinski definition) is 1. The lowest BCUT2D eigenvalue weighted by atomic mass is 9.70. The fraction of sp³-hybridized carbons (Fsp3) is 0.111. The van der Waals surface area contributed by atoms with Gasteiger partial charge in [0.05, 0.1) is 0 Å². The van der Waals surface area contributed by atoms with E-state index in [-0.39, 0.29) is 5.41 Å². The molecule has 4 aromatic rings. The van der Waals surface area contributed by atoms with Crippen LogP contribution in [0.5, 0.6) is 0 Å². The lowest BCUT2D eigenvalue weighted by Gasteiger charge is -2.38. The average Bonchev–Trinajstić information content (AvgIpc) is 2.74. The standard InChI is InChI=1S/C27H23N/c1-27(2)22-15-9-10-16-23(22)28-24-18-17-21(19-11-5-3-6-12-19)25(26(24)27)20-13-7-4-8-14-20/h3-18,28H,1-2H3. The van der Waals surface area contributed by atoms with Crippen LogP contribution in [0.3, 0.4) is 0 Å². The minimum Gasteiger partial charge on any atom is -0.355 e. The van der Waals surface area contributed by atoms with Gasteiger partial charge in [-0.05, 0) is 45.5 Å². The van der Waals surface area contributed by atoms with Crippen molar-refractivity contribution in [3.8, 4) is 22.3 Å². The zero-order valence-electron chi connectivity index (χ0n) is 16.2. The van der Waals surface area contributed by atoms with E-state index in [2.05, 4.69) is 116 Å². The van der Waals surface area contributed by atoms with Gasteiger partial charge in [-0.15, -0.1) is 0 Å². The molecule has 1 aliphatic rings. The summed E-state index contributed by atoms with van der Waals surface area (Å²) >= 11 is 0. The molecular formula is C27H23N. The Hall–Kier alpha value is -3.32. The maximum Gasteiger partial charge on any atom is 0.0432 e. The van der Waals surface area contributed by atoms with Gasteiger partial charge >= 0.3 is 0 Å². The molecule has 136 valence electrons.